The van der Waals surface area contributed by atoms with Gasteiger partial charge in [0.25, 0.3) is 0 Å². The molecular weight excluding hydrogens is 347 g/mol. The van der Waals surface area contributed by atoms with Gasteiger partial charge in [0.05, 0.1) is 17.1 Å². The van der Waals surface area contributed by atoms with Gasteiger partial charge in [-0.25, -0.2) is 8.42 Å². The third-order valence-corrected chi connectivity index (χ3v) is 4.86. The molecule has 0 aliphatic heterocycles. The van der Waals surface area contributed by atoms with Crippen molar-refractivity contribution in [1.29, 1.82) is 0 Å². The van der Waals surface area contributed by atoms with Gasteiger partial charge in [0.2, 0.25) is 10.0 Å². The summed E-state index contributed by atoms with van der Waals surface area (Å²) in [7, 11) is -4.51. The number of ether oxygens (including phenoxy) is 1. The Kier molecular flexibility index (Phi) is 6.79. The summed E-state index contributed by atoms with van der Waals surface area (Å²) in [6.45, 7) is 4.26. The van der Waals surface area contributed by atoms with Crippen molar-refractivity contribution in [3.05, 3.63) is 29.8 Å². The van der Waals surface area contributed by atoms with Crippen molar-refractivity contribution in [1.82, 2.24) is 4.31 Å². The lowest BCUT2D eigenvalue weighted by atomic mass is 10.2. The highest BCUT2D eigenvalue weighted by molar-refractivity contribution is 7.89. The molecule has 0 bridgehead atoms. The maximum atomic E-state index is 13.1. The zero-order chi connectivity index (χ0) is 18.5. The van der Waals surface area contributed by atoms with E-state index in [-0.39, 0.29) is 19.1 Å². The quantitative estimate of drug-likeness (QED) is 0.695. The third kappa shape index (κ3) is 5.20. The summed E-state index contributed by atoms with van der Waals surface area (Å²) in [6, 6.07) is 3.90. The first kappa shape index (κ1) is 20.4. The maximum Gasteiger partial charge on any atom is 0.417 e. The predicted octanol–water partition coefficient (Wildman–Crippen LogP) is 2.92. The highest BCUT2D eigenvalue weighted by Gasteiger charge is 2.39. The molecule has 0 N–H and O–H groups in total. The molecule has 0 aliphatic rings. The van der Waals surface area contributed by atoms with Crippen molar-refractivity contribution in [2.24, 2.45) is 5.92 Å². The Bertz CT molecular complexity index is 672. The van der Waals surface area contributed by atoms with Crippen molar-refractivity contribution in [3.63, 3.8) is 0 Å². The molecule has 0 saturated carbocycles. The van der Waals surface area contributed by atoms with Gasteiger partial charge in [-0.3, -0.25) is 4.79 Å². The van der Waals surface area contributed by atoms with Crippen LogP contribution in [-0.4, -0.2) is 38.4 Å². The number of hydrogen-bond acceptors (Lipinski definition) is 4. The molecule has 0 unspecified atom stereocenters. The number of carbonyl (C=O) groups is 1. The van der Waals surface area contributed by atoms with E-state index in [4.69, 9.17) is 4.74 Å². The first-order valence-electron chi connectivity index (χ1n) is 7.32. The van der Waals surface area contributed by atoms with Crippen LogP contribution in [-0.2, 0) is 25.7 Å². The summed E-state index contributed by atoms with van der Waals surface area (Å²) in [5.41, 5.74) is -1.26. The lowest BCUT2D eigenvalue weighted by molar-refractivity contribution is -0.143. The lowest BCUT2D eigenvalue weighted by Crippen LogP contribution is -2.39. The Morgan fingerprint density at radius 3 is 2.33 bits per heavy atom. The van der Waals surface area contributed by atoms with Crippen molar-refractivity contribution in [2.75, 3.05) is 19.7 Å². The summed E-state index contributed by atoms with van der Waals surface area (Å²) < 4.78 is 70.2. The van der Waals surface area contributed by atoms with Crippen LogP contribution in [0, 0.1) is 5.92 Å². The minimum absolute atomic E-state index is 0.0491. The van der Waals surface area contributed by atoms with E-state index >= 15 is 0 Å². The van der Waals surface area contributed by atoms with Gasteiger partial charge >= 0.3 is 12.1 Å². The van der Waals surface area contributed by atoms with Gasteiger partial charge in [0.15, 0.2) is 0 Å². The van der Waals surface area contributed by atoms with E-state index in [1.165, 1.54) is 6.07 Å². The van der Waals surface area contributed by atoms with Crippen LogP contribution in [0.1, 0.15) is 26.3 Å². The van der Waals surface area contributed by atoms with Crippen LogP contribution in [0.15, 0.2) is 29.2 Å². The number of rotatable bonds is 7. The normalized spacial score (nSPS) is 12.7. The number of esters is 1. The zero-order valence-corrected chi connectivity index (χ0v) is 14.4. The second-order valence-corrected chi connectivity index (χ2v) is 7.40. The molecule has 0 amide bonds. The number of benzene rings is 1. The standard InChI is InChI=1S/C15H20F3NO4S/c1-4-23-14(20)10-19(9-11(2)3)24(21,22)13-8-6-5-7-12(13)15(16,17)18/h5-8,11H,4,9-10H2,1-3H3. The number of halogens is 3. The molecule has 0 aromatic heterocycles. The monoisotopic (exact) mass is 367 g/mol. The molecule has 0 heterocycles. The second kappa shape index (κ2) is 7.98. The summed E-state index contributed by atoms with van der Waals surface area (Å²) >= 11 is 0. The summed E-state index contributed by atoms with van der Waals surface area (Å²) in [6.07, 6.45) is -4.82. The first-order valence-corrected chi connectivity index (χ1v) is 8.76. The Morgan fingerprint density at radius 1 is 1.25 bits per heavy atom. The molecule has 1 aromatic carbocycles. The number of nitrogens with zero attached hydrogens (tertiary/aromatic N) is 1. The first-order chi connectivity index (χ1) is 11.0. The molecule has 0 radical (unpaired) electrons. The largest absolute Gasteiger partial charge is 0.465 e. The Balaban J connectivity index is 3.33. The van der Waals surface area contributed by atoms with Gasteiger partial charge in [0, 0.05) is 6.54 Å². The topological polar surface area (TPSA) is 63.7 Å². The lowest BCUT2D eigenvalue weighted by Gasteiger charge is -2.24. The summed E-state index contributed by atoms with van der Waals surface area (Å²) in [5, 5.41) is 0. The summed E-state index contributed by atoms with van der Waals surface area (Å²) in [4.78, 5) is 10.8. The van der Waals surface area contributed by atoms with Crippen LogP contribution < -0.4 is 0 Å². The molecule has 0 fully saturated rings. The fourth-order valence-electron chi connectivity index (χ4n) is 2.07. The van der Waals surface area contributed by atoms with Gasteiger partial charge in [-0.1, -0.05) is 26.0 Å². The minimum Gasteiger partial charge on any atom is -0.465 e. The second-order valence-electron chi connectivity index (χ2n) is 5.49. The average Bonchev–Trinajstić information content (AvgIpc) is 2.45. The van der Waals surface area contributed by atoms with Crippen LogP contribution in [0.25, 0.3) is 0 Å². The van der Waals surface area contributed by atoms with E-state index < -0.39 is 39.2 Å². The van der Waals surface area contributed by atoms with E-state index in [0.29, 0.717) is 6.07 Å². The van der Waals surface area contributed by atoms with Gasteiger partial charge in [0.1, 0.15) is 6.54 Å². The number of hydrogen-bond donors (Lipinski definition) is 0. The fraction of sp³-hybridized carbons (Fsp3) is 0.533. The number of sulfonamides is 1. The fourth-order valence-corrected chi connectivity index (χ4v) is 3.83. The number of alkyl halides is 3. The van der Waals surface area contributed by atoms with E-state index in [0.717, 1.165) is 16.4 Å². The smallest absolute Gasteiger partial charge is 0.417 e. The molecule has 1 aromatic rings. The van der Waals surface area contributed by atoms with Crippen molar-refractivity contribution in [3.8, 4) is 0 Å². The van der Waals surface area contributed by atoms with Crippen LogP contribution in [0.4, 0.5) is 13.2 Å². The third-order valence-electron chi connectivity index (χ3n) is 2.99. The highest BCUT2D eigenvalue weighted by Crippen LogP contribution is 2.35. The van der Waals surface area contributed by atoms with Crippen LogP contribution in [0.5, 0.6) is 0 Å². The maximum absolute atomic E-state index is 13.1. The molecule has 0 aliphatic carbocycles. The molecule has 5 nitrogen and oxygen atoms in total. The molecule has 9 heteroatoms. The van der Waals surface area contributed by atoms with Gasteiger partial charge in [-0.05, 0) is 25.0 Å². The molecule has 1 rings (SSSR count). The molecule has 0 saturated heterocycles. The SMILES string of the molecule is CCOC(=O)CN(CC(C)C)S(=O)(=O)c1ccccc1C(F)(F)F. The van der Waals surface area contributed by atoms with E-state index in [1.54, 1.807) is 20.8 Å². The summed E-state index contributed by atoms with van der Waals surface area (Å²) in [5.74, 6) is -1.00. The van der Waals surface area contributed by atoms with Gasteiger partial charge in [-0.15, -0.1) is 0 Å². The average molecular weight is 367 g/mol. The van der Waals surface area contributed by atoms with E-state index in [9.17, 15) is 26.4 Å². The molecule has 24 heavy (non-hydrogen) atoms. The zero-order valence-electron chi connectivity index (χ0n) is 13.6. The van der Waals surface area contributed by atoms with Crippen LogP contribution >= 0.6 is 0 Å². The predicted molar refractivity (Wildman–Crippen MR) is 81.7 cm³/mol. The van der Waals surface area contributed by atoms with Crippen LogP contribution in [0.3, 0.4) is 0 Å². The Labute approximate surface area is 139 Å². The Hall–Kier alpha value is -1.61. The Morgan fingerprint density at radius 2 is 1.83 bits per heavy atom. The van der Waals surface area contributed by atoms with E-state index in [2.05, 4.69) is 0 Å². The molecular formula is C15H20F3NO4S. The van der Waals surface area contributed by atoms with Crippen molar-refractivity contribution >= 4 is 16.0 Å². The van der Waals surface area contributed by atoms with Gasteiger partial charge < -0.3 is 4.74 Å². The molecule has 0 spiro atoms. The number of carbonyl (C=O) groups excluding carboxylic acids is 1. The van der Waals surface area contributed by atoms with E-state index in [1.807, 2.05) is 0 Å². The molecule has 136 valence electrons. The molecule has 0 atom stereocenters. The van der Waals surface area contributed by atoms with Crippen molar-refractivity contribution in [2.45, 2.75) is 31.8 Å². The van der Waals surface area contributed by atoms with Crippen molar-refractivity contribution < 1.29 is 31.1 Å². The van der Waals surface area contributed by atoms with Crippen LogP contribution in [0.2, 0.25) is 0 Å². The highest BCUT2D eigenvalue weighted by atomic mass is 32.2. The minimum atomic E-state index is -4.82. The van der Waals surface area contributed by atoms with Gasteiger partial charge in [-0.2, -0.15) is 17.5 Å².